The Bertz CT molecular complexity index is 514. The predicted molar refractivity (Wildman–Crippen MR) is 75.1 cm³/mol. The maximum atomic E-state index is 12.4. The first kappa shape index (κ1) is 15.8. The first-order chi connectivity index (χ1) is 9.89. The summed E-state index contributed by atoms with van der Waals surface area (Å²) in [4.78, 5) is 11.3. The van der Waals surface area contributed by atoms with E-state index in [2.05, 4.69) is 10.6 Å². The van der Waals surface area contributed by atoms with Crippen LogP contribution in [-0.2, 0) is 11.2 Å². The smallest absolute Gasteiger partial charge is 0.326 e. The minimum atomic E-state index is -4.15. The number of nitrogens with one attached hydrogen (secondary N) is 2. The summed E-state index contributed by atoms with van der Waals surface area (Å²) < 4.78 is 37.3. The van der Waals surface area contributed by atoms with Crippen LogP contribution in [0.3, 0.4) is 0 Å². The minimum Gasteiger partial charge on any atom is -0.326 e. The number of carbonyl (C=O) groups is 1. The number of fused-ring (bicyclic) bond motifs is 1. The largest absolute Gasteiger partial charge is 0.389 e. The molecule has 21 heavy (non-hydrogen) atoms. The lowest BCUT2D eigenvalue weighted by atomic mass is 9.98. The van der Waals surface area contributed by atoms with Crippen LogP contribution >= 0.6 is 0 Å². The van der Waals surface area contributed by atoms with Crippen LogP contribution < -0.4 is 10.6 Å². The van der Waals surface area contributed by atoms with Crippen LogP contribution in [-0.4, -0.2) is 18.6 Å². The summed E-state index contributed by atoms with van der Waals surface area (Å²) in [7, 11) is 0. The van der Waals surface area contributed by atoms with Crippen molar-refractivity contribution in [2.75, 3.05) is 11.9 Å². The first-order valence-electron chi connectivity index (χ1n) is 7.12. The molecule has 0 saturated heterocycles. The van der Waals surface area contributed by atoms with Crippen molar-refractivity contribution in [3.8, 4) is 0 Å². The van der Waals surface area contributed by atoms with Crippen molar-refractivity contribution in [2.24, 2.45) is 0 Å². The van der Waals surface area contributed by atoms with Crippen LogP contribution in [0, 0.1) is 0 Å². The molecule has 0 aromatic heterocycles. The Hall–Kier alpha value is -1.56. The van der Waals surface area contributed by atoms with Crippen molar-refractivity contribution in [3.05, 3.63) is 29.3 Å². The summed E-state index contributed by atoms with van der Waals surface area (Å²) in [6, 6.07) is 5.04. The van der Waals surface area contributed by atoms with E-state index in [1.807, 2.05) is 13.0 Å². The fourth-order valence-corrected chi connectivity index (χ4v) is 2.48. The fourth-order valence-electron chi connectivity index (χ4n) is 2.48. The summed E-state index contributed by atoms with van der Waals surface area (Å²) >= 11 is 0. The zero-order valence-corrected chi connectivity index (χ0v) is 11.9. The van der Waals surface area contributed by atoms with Crippen molar-refractivity contribution < 1.29 is 18.0 Å². The van der Waals surface area contributed by atoms with Gasteiger partial charge in [0.15, 0.2) is 0 Å². The van der Waals surface area contributed by atoms with Gasteiger partial charge in [0.1, 0.15) is 0 Å². The standard InChI is InChI=1S/C15H19F3N2O/c1-2-7-19-12(5-6-15(16,17)18)10-3-4-13-11(8-10)9-14(21)20-13/h3-4,8,12,19H,2,5-7,9H2,1H3,(H,20,21). The van der Waals surface area contributed by atoms with E-state index in [9.17, 15) is 18.0 Å². The van der Waals surface area contributed by atoms with E-state index in [1.54, 1.807) is 12.1 Å². The first-order valence-corrected chi connectivity index (χ1v) is 7.12. The maximum absolute atomic E-state index is 12.4. The predicted octanol–water partition coefficient (Wildman–Crippen LogP) is 3.56. The molecule has 1 heterocycles. The van der Waals surface area contributed by atoms with Crippen molar-refractivity contribution in [2.45, 2.75) is 44.8 Å². The highest BCUT2D eigenvalue weighted by Crippen LogP contribution is 2.31. The molecule has 1 atom stereocenters. The second-order valence-corrected chi connectivity index (χ2v) is 5.30. The van der Waals surface area contributed by atoms with Gasteiger partial charge in [0, 0.05) is 18.2 Å². The topological polar surface area (TPSA) is 41.1 Å². The van der Waals surface area contributed by atoms with Gasteiger partial charge in [0.05, 0.1) is 6.42 Å². The van der Waals surface area contributed by atoms with Crippen molar-refractivity contribution in [1.29, 1.82) is 0 Å². The number of anilines is 1. The highest BCUT2D eigenvalue weighted by Gasteiger charge is 2.29. The number of carbonyl (C=O) groups excluding carboxylic acids is 1. The minimum absolute atomic E-state index is 0.00363. The molecule has 116 valence electrons. The molecule has 0 bridgehead atoms. The van der Waals surface area contributed by atoms with E-state index in [4.69, 9.17) is 0 Å². The molecule has 0 radical (unpaired) electrons. The Labute approximate surface area is 121 Å². The highest BCUT2D eigenvalue weighted by molar-refractivity contribution is 5.99. The second-order valence-electron chi connectivity index (χ2n) is 5.30. The quantitative estimate of drug-likeness (QED) is 0.843. The number of hydrogen-bond acceptors (Lipinski definition) is 2. The summed E-state index contributed by atoms with van der Waals surface area (Å²) in [6.45, 7) is 2.63. The lowest BCUT2D eigenvalue weighted by molar-refractivity contribution is -0.136. The molecule has 3 nitrogen and oxygen atoms in total. The van der Waals surface area contributed by atoms with Crippen molar-refractivity contribution in [3.63, 3.8) is 0 Å². The lowest BCUT2D eigenvalue weighted by Crippen LogP contribution is -2.24. The number of halogens is 3. The molecule has 1 aromatic carbocycles. The van der Waals surface area contributed by atoms with E-state index >= 15 is 0 Å². The van der Waals surface area contributed by atoms with Crippen molar-refractivity contribution in [1.82, 2.24) is 5.32 Å². The van der Waals surface area contributed by atoms with Crippen LogP contribution in [0.4, 0.5) is 18.9 Å². The Balaban J connectivity index is 2.12. The van der Waals surface area contributed by atoms with E-state index < -0.39 is 12.6 Å². The van der Waals surface area contributed by atoms with E-state index in [0.29, 0.717) is 13.0 Å². The Morgan fingerprint density at radius 2 is 2.14 bits per heavy atom. The Morgan fingerprint density at radius 3 is 2.81 bits per heavy atom. The third kappa shape index (κ3) is 4.46. The number of alkyl halides is 3. The number of hydrogen-bond donors (Lipinski definition) is 2. The van der Waals surface area contributed by atoms with Crippen LogP contribution in [0.2, 0.25) is 0 Å². The molecule has 1 amide bonds. The molecular weight excluding hydrogens is 281 g/mol. The SMILES string of the molecule is CCCNC(CCC(F)(F)F)c1ccc2c(c1)CC(=O)N2. The molecule has 6 heteroatoms. The molecule has 0 saturated carbocycles. The van der Waals surface area contributed by atoms with Crippen molar-refractivity contribution >= 4 is 11.6 Å². The van der Waals surface area contributed by atoms with Crippen LogP contribution in [0.15, 0.2) is 18.2 Å². The number of rotatable bonds is 6. The monoisotopic (exact) mass is 300 g/mol. The molecule has 1 unspecified atom stereocenters. The zero-order valence-electron chi connectivity index (χ0n) is 11.9. The molecule has 1 aromatic rings. The van der Waals surface area contributed by atoms with Crippen LogP contribution in [0.1, 0.15) is 43.4 Å². The van der Waals surface area contributed by atoms with Gasteiger partial charge in [-0.15, -0.1) is 0 Å². The number of amides is 1. The number of benzene rings is 1. The molecular formula is C15H19F3N2O. The summed E-state index contributed by atoms with van der Waals surface area (Å²) in [5.74, 6) is -0.0736. The van der Waals surface area contributed by atoms with Gasteiger partial charge >= 0.3 is 6.18 Å². The lowest BCUT2D eigenvalue weighted by Gasteiger charge is -2.20. The van der Waals surface area contributed by atoms with Gasteiger partial charge in [-0.2, -0.15) is 13.2 Å². The van der Waals surface area contributed by atoms with Gasteiger partial charge in [-0.1, -0.05) is 19.1 Å². The maximum Gasteiger partial charge on any atom is 0.389 e. The Kier molecular flexibility index (Phi) is 4.88. The van der Waals surface area contributed by atoms with E-state index in [-0.39, 0.29) is 18.4 Å². The van der Waals surface area contributed by atoms with E-state index in [1.165, 1.54) is 0 Å². The summed E-state index contributed by atoms with van der Waals surface area (Å²) in [6.07, 6.45) is -3.82. The van der Waals surface area contributed by atoms with Gasteiger partial charge in [-0.05, 0) is 36.6 Å². The molecule has 2 N–H and O–H groups in total. The summed E-state index contributed by atoms with van der Waals surface area (Å²) in [5, 5.41) is 5.88. The van der Waals surface area contributed by atoms with Gasteiger partial charge in [-0.25, -0.2) is 0 Å². The second kappa shape index (κ2) is 6.47. The molecule has 1 aliphatic heterocycles. The van der Waals surface area contributed by atoms with Gasteiger partial charge in [0.2, 0.25) is 5.91 Å². The highest BCUT2D eigenvalue weighted by atomic mass is 19.4. The Morgan fingerprint density at radius 1 is 1.38 bits per heavy atom. The molecule has 0 aliphatic carbocycles. The summed E-state index contributed by atoms with van der Waals surface area (Å²) in [5.41, 5.74) is 2.42. The third-order valence-electron chi connectivity index (χ3n) is 3.51. The zero-order chi connectivity index (χ0) is 15.5. The van der Waals surface area contributed by atoms with Gasteiger partial charge < -0.3 is 10.6 Å². The van der Waals surface area contributed by atoms with E-state index in [0.717, 1.165) is 23.2 Å². The third-order valence-corrected chi connectivity index (χ3v) is 3.51. The molecule has 1 aliphatic rings. The van der Waals surface area contributed by atoms with Crippen LogP contribution in [0.25, 0.3) is 0 Å². The normalized spacial score (nSPS) is 15.7. The average molecular weight is 300 g/mol. The molecule has 0 fully saturated rings. The molecule has 0 spiro atoms. The average Bonchev–Trinajstić information content (AvgIpc) is 2.76. The van der Waals surface area contributed by atoms with Gasteiger partial charge in [-0.3, -0.25) is 4.79 Å². The van der Waals surface area contributed by atoms with Crippen LogP contribution in [0.5, 0.6) is 0 Å². The van der Waals surface area contributed by atoms with Gasteiger partial charge in [0.25, 0.3) is 0 Å². The fraction of sp³-hybridized carbons (Fsp3) is 0.533. The molecule has 2 rings (SSSR count).